The molecule has 0 saturated carbocycles. The number of rotatable bonds is 3. The Hall–Kier alpha value is -2.16. The molecule has 4 heterocycles. The predicted octanol–water partition coefficient (Wildman–Crippen LogP) is 5.19. The molecule has 2 aromatic heterocycles. The molecule has 1 N–H and O–H groups in total. The first kappa shape index (κ1) is 20.1. The van der Waals surface area contributed by atoms with Gasteiger partial charge in [-0.15, -0.1) is 0 Å². The van der Waals surface area contributed by atoms with Crippen LogP contribution < -0.4 is 5.32 Å². The molecule has 4 rings (SSSR count). The minimum atomic E-state index is -4.55. The lowest BCUT2D eigenvalue weighted by molar-refractivity contribution is -0.174. The number of likely N-dealkylation sites (tertiary alicyclic amines) is 1. The average Bonchev–Trinajstić information content (AvgIpc) is 3.34. The molecule has 1 amide bonds. The maximum Gasteiger partial charge on any atom is 0.410 e. The summed E-state index contributed by atoms with van der Waals surface area (Å²) in [5.74, 6) is -0.0477. The summed E-state index contributed by atoms with van der Waals surface area (Å²) in [4.78, 5) is 14.8. The number of aromatic nitrogens is 2. The van der Waals surface area contributed by atoms with Crippen molar-refractivity contribution in [3.05, 3.63) is 34.9 Å². The molecule has 0 spiro atoms. The number of carbonyl (C=O) groups is 1. The van der Waals surface area contributed by atoms with Crippen molar-refractivity contribution in [3.63, 3.8) is 0 Å². The summed E-state index contributed by atoms with van der Waals surface area (Å²) in [6.45, 7) is 2.55. The maximum atomic E-state index is 13.8. The van der Waals surface area contributed by atoms with Gasteiger partial charge in [0.1, 0.15) is 16.6 Å². The number of piperidine rings is 1. The van der Waals surface area contributed by atoms with Crippen molar-refractivity contribution in [1.29, 1.82) is 0 Å². The van der Waals surface area contributed by atoms with Crippen LogP contribution in [-0.4, -0.2) is 39.4 Å². The molecule has 6 nitrogen and oxygen atoms in total. The summed E-state index contributed by atoms with van der Waals surface area (Å²) in [7, 11) is 0. The van der Waals surface area contributed by atoms with Gasteiger partial charge in [0, 0.05) is 19.0 Å². The minimum Gasteiger partial charge on any atom is -0.467 e. The van der Waals surface area contributed by atoms with E-state index in [1.807, 2.05) is 6.92 Å². The molecule has 1 saturated heterocycles. The van der Waals surface area contributed by atoms with E-state index in [1.54, 1.807) is 17.0 Å². The van der Waals surface area contributed by atoms with E-state index in [0.717, 1.165) is 30.4 Å². The minimum absolute atomic E-state index is 0.00458. The molecular formula is C19H22ClF3N4O2. The maximum absolute atomic E-state index is 13.8. The molecule has 10 heteroatoms. The zero-order chi connectivity index (χ0) is 20.8. The zero-order valence-corrected chi connectivity index (χ0v) is 16.6. The van der Waals surface area contributed by atoms with Crippen LogP contribution in [0.3, 0.4) is 0 Å². The third-order valence-electron chi connectivity index (χ3n) is 5.74. The van der Waals surface area contributed by atoms with E-state index in [0.29, 0.717) is 12.3 Å². The van der Waals surface area contributed by atoms with Crippen LogP contribution in [0.2, 0.25) is 5.02 Å². The van der Waals surface area contributed by atoms with Gasteiger partial charge >= 0.3 is 6.18 Å². The number of nitrogens with one attached hydrogen (secondary N) is 1. The first-order valence-corrected chi connectivity index (χ1v) is 10.1. The van der Waals surface area contributed by atoms with Gasteiger partial charge in [-0.3, -0.25) is 4.79 Å². The molecule has 2 aliphatic rings. The number of amides is 1. The lowest BCUT2D eigenvalue weighted by Gasteiger charge is -2.34. The largest absolute Gasteiger partial charge is 0.467 e. The van der Waals surface area contributed by atoms with Crippen molar-refractivity contribution in [2.75, 3.05) is 11.9 Å². The van der Waals surface area contributed by atoms with Crippen LogP contribution in [0.5, 0.6) is 0 Å². The molecule has 0 radical (unpaired) electrons. The van der Waals surface area contributed by atoms with Crippen molar-refractivity contribution < 1.29 is 22.4 Å². The summed E-state index contributed by atoms with van der Waals surface area (Å²) < 4.78 is 47.5. The third kappa shape index (κ3) is 3.60. The van der Waals surface area contributed by atoms with Crippen LogP contribution in [0.15, 0.2) is 22.8 Å². The molecule has 1 fully saturated rings. The number of hydrogen-bond donors (Lipinski definition) is 1. The Morgan fingerprint density at radius 2 is 2.21 bits per heavy atom. The molecule has 3 atom stereocenters. The molecule has 0 bridgehead atoms. The van der Waals surface area contributed by atoms with Crippen molar-refractivity contribution in [3.8, 4) is 0 Å². The van der Waals surface area contributed by atoms with Crippen molar-refractivity contribution in [1.82, 2.24) is 14.7 Å². The van der Waals surface area contributed by atoms with Gasteiger partial charge in [-0.05, 0) is 37.8 Å². The molecule has 0 aromatic carbocycles. The normalized spacial score (nSPS) is 24.9. The number of halogens is 4. The van der Waals surface area contributed by atoms with Crippen LogP contribution in [0.25, 0.3) is 0 Å². The number of carbonyl (C=O) groups excluding carboxylic acids is 1. The molecule has 2 aliphatic heterocycles. The number of hydrogen-bond acceptors (Lipinski definition) is 4. The van der Waals surface area contributed by atoms with E-state index < -0.39 is 24.2 Å². The van der Waals surface area contributed by atoms with Crippen LogP contribution >= 0.6 is 11.6 Å². The quantitative estimate of drug-likeness (QED) is 0.727. The number of furan rings is 1. The van der Waals surface area contributed by atoms with Crippen LogP contribution in [0.4, 0.5) is 19.0 Å². The molecule has 2 aromatic rings. The molecule has 29 heavy (non-hydrogen) atoms. The van der Waals surface area contributed by atoms with E-state index in [2.05, 4.69) is 10.4 Å². The molecule has 0 aliphatic carbocycles. The topological polar surface area (TPSA) is 63.3 Å². The van der Waals surface area contributed by atoms with Crippen molar-refractivity contribution in [2.24, 2.45) is 0 Å². The van der Waals surface area contributed by atoms with E-state index in [9.17, 15) is 18.0 Å². The van der Waals surface area contributed by atoms with E-state index in [4.69, 9.17) is 16.0 Å². The Morgan fingerprint density at radius 3 is 2.86 bits per heavy atom. The Labute approximate surface area is 171 Å². The Bertz CT molecular complexity index is 881. The molecule has 3 unspecified atom stereocenters. The highest BCUT2D eigenvalue weighted by Crippen LogP contribution is 2.46. The second-order valence-electron chi connectivity index (χ2n) is 7.52. The van der Waals surface area contributed by atoms with Gasteiger partial charge < -0.3 is 14.6 Å². The van der Waals surface area contributed by atoms with Gasteiger partial charge in [0.05, 0.1) is 12.3 Å². The monoisotopic (exact) mass is 430 g/mol. The average molecular weight is 431 g/mol. The summed E-state index contributed by atoms with van der Waals surface area (Å²) in [5.41, 5.74) is -0.135. The van der Waals surface area contributed by atoms with Gasteiger partial charge in [-0.2, -0.15) is 18.3 Å². The second kappa shape index (κ2) is 7.59. The predicted molar refractivity (Wildman–Crippen MR) is 101 cm³/mol. The fourth-order valence-corrected chi connectivity index (χ4v) is 4.49. The van der Waals surface area contributed by atoms with Gasteiger partial charge in [0.2, 0.25) is 0 Å². The highest BCUT2D eigenvalue weighted by molar-refractivity contribution is 6.36. The summed E-state index contributed by atoms with van der Waals surface area (Å²) in [6.07, 6.45) is 0.0860. The van der Waals surface area contributed by atoms with Crippen molar-refractivity contribution in [2.45, 2.75) is 63.3 Å². The van der Waals surface area contributed by atoms with Gasteiger partial charge in [0.15, 0.2) is 11.7 Å². The fourth-order valence-electron chi connectivity index (χ4n) is 4.23. The fraction of sp³-hybridized carbons (Fsp3) is 0.579. The lowest BCUT2D eigenvalue weighted by atomic mass is 9.99. The smallest absolute Gasteiger partial charge is 0.410 e. The third-order valence-corrected chi connectivity index (χ3v) is 6.10. The molecule has 158 valence electrons. The Kier molecular flexibility index (Phi) is 5.27. The standard InChI is InChI=1S/C19H22ClF3N4O2/c1-2-11-6-3-4-8-26(11)18(28)16-15(20)17-24-12(13-7-5-9-29-13)10-14(19(21,22)23)27(17)25-16/h5,7,9,11-12,14,24H,2-4,6,8,10H2,1H3. The van der Waals surface area contributed by atoms with Gasteiger partial charge in [-0.25, -0.2) is 4.68 Å². The lowest BCUT2D eigenvalue weighted by Crippen LogP contribution is -2.43. The van der Waals surface area contributed by atoms with E-state index in [1.165, 1.54) is 6.26 Å². The first-order chi connectivity index (χ1) is 13.8. The summed E-state index contributed by atoms with van der Waals surface area (Å²) in [5, 5.41) is 6.93. The highest BCUT2D eigenvalue weighted by atomic mass is 35.5. The number of fused-ring (bicyclic) bond motifs is 1. The zero-order valence-electron chi connectivity index (χ0n) is 15.9. The number of anilines is 1. The number of nitrogens with zero attached hydrogens (tertiary/aromatic N) is 3. The van der Waals surface area contributed by atoms with Crippen LogP contribution in [-0.2, 0) is 0 Å². The van der Waals surface area contributed by atoms with E-state index in [-0.39, 0.29) is 29.0 Å². The number of alkyl halides is 3. The Balaban J connectivity index is 1.72. The summed E-state index contributed by atoms with van der Waals surface area (Å²) in [6, 6.07) is 0.643. The second-order valence-corrected chi connectivity index (χ2v) is 7.90. The van der Waals surface area contributed by atoms with Crippen molar-refractivity contribution >= 4 is 23.3 Å². The van der Waals surface area contributed by atoms with Gasteiger partial charge in [-0.1, -0.05) is 18.5 Å². The Morgan fingerprint density at radius 1 is 1.41 bits per heavy atom. The van der Waals surface area contributed by atoms with Crippen LogP contribution in [0.1, 0.15) is 67.4 Å². The van der Waals surface area contributed by atoms with Crippen LogP contribution in [0, 0.1) is 0 Å². The highest BCUT2D eigenvalue weighted by Gasteiger charge is 2.48. The van der Waals surface area contributed by atoms with Gasteiger partial charge in [0.25, 0.3) is 5.91 Å². The SMILES string of the molecule is CCC1CCCCN1C(=O)c1nn2c(c1Cl)NC(c1ccco1)CC2C(F)(F)F. The first-order valence-electron chi connectivity index (χ1n) is 9.76. The van der Waals surface area contributed by atoms with E-state index >= 15 is 0 Å². The molecular weight excluding hydrogens is 409 g/mol. The summed E-state index contributed by atoms with van der Waals surface area (Å²) >= 11 is 6.40.